The van der Waals surface area contributed by atoms with Crippen LogP contribution in [0.3, 0.4) is 0 Å². The summed E-state index contributed by atoms with van der Waals surface area (Å²) in [4.78, 5) is 0. The third-order valence-electron chi connectivity index (χ3n) is 5.46. The van der Waals surface area contributed by atoms with Crippen LogP contribution in [0.4, 0.5) is 4.39 Å². The van der Waals surface area contributed by atoms with Crippen molar-refractivity contribution < 1.29 is 23.3 Å². The first-order valence-corrected chi connectivity index (χ1v) is 11.0. The summed E-state index contributed by atoms with van der Waals surface area (Å²) in [6.07, 6.45) is -2.74. The van der Waals surface area contributed by atoms with E-state index in [1.165, 1.54) is 0 Å². The molecule has 0 amide bonds. The van der Waals surface area contributed by atoms with Gasteiger partial charge >= 0.3 is 0 Å². The first-order valence-electron chi connectivity index (χ1n) is 11.0. The fourth-order valence-corrected chi connectivity index (χ4v) is 3.80. The average molecular weight is 437 g/mol. The molecule has 0 N–H and O–H groups in total. The zero-order chi connectivity index (χ0) is 22.0. The van der Waals surface area contributed by atoms with Crippen molar-refractivity contribution in [2.24, 2.45) is 0 Å². The number of halogens is 1. The van der Waals surface area contributed by atoms with Crippen LogP contribution < -0.4 is 0 Å². The lowest BCUT2D eigenvalue weighted by Crippen LogP contribution is -2.51. The Morgan fingerprint density at radius 1 is 0.688 bits per heavy atom. The Kier molecular flexibility index (Phi) is 8.40. The molecule has 32 heavy (non-hydrogen) atoms. The molecular formula is C27H29FO4. The van der Waals surface area contributed by atoms with E-state index in [4.69, 9.17) is 18.9 Å². The molecule has 3 aromatic carbocycles. The molecule has 4 nitrogen and oxygen atoms in total. The Balaban J connectivity index is 1.42. The van der Waals surface area contributed by atoms with Crippen LogP contribution >= 0.6 is 0 Å². The fraction of sp³-hybridized carbons (Fsp3) is 0.333. The molecule has 0 unspecified atom stereocenters. The minimum absolute atomic E-state index is 0.126. The highest BCUT2D eigenvalue weighted by Gasteiger charge is 2.40. The molecule has 1 saturated heterocycles. The highest BCUT2D eigenvalue weighted by Crippen LogP contribution is 2.28. The Bertz CT molecular complexity index is 907. The van der Waals surface area contributed by atoms with E-state index in [1.54, 1.807) is 0 Å². The van der Waals surface area contributed by atoms with Gasteiger partial charge in [0, 0.05) is 6.42 Å². The van der Waals surface area contributed by atoms with E-state index >= 15 is 0 Å². The molecule has 0 aliphatic carbocycles. The van der Waals surface area contributed by atoms with Crippen molar-refractivity contribution in [1.82, 2.24) is 0 Å². The van der Waals surface area contributed by atoms with Gasteiger partial charge in [0.15, 0.2) is 0 Å². The molecule has 3 aromatic rings. The van der Waals surface area contributed by atoms with Gasteiger partial charge in [-0.2, -0.15) is 0 Å². The summed E-state index contributed by atoms with van der Waals surface area (Å²) in [5.41, 5.74) is 3.13. The van der Waals surface area contributed by atoms with Crippen molar-refractivity contribution in [2.75, 3.05) is 6.61 Å². The molecule has 4 atom stereocenters. The summed E-state index contributed by atoms with van der Waals surface area (Å²) in [6.45, 7) is 1.44. The van der Waals surface area contributed by atoms with Crippen molar-refractivity contribution in [2.45, 2.75) is 50.9 Å². The molecule has 168 valence electrons. The maximum atomic E-state index is 14.5. The fourth-order valence-electron chi connectivity index (χ4n) is 3.80. The third kappa shape index (κ3) is 6.71. The second-order valence-electron chi connectivity index (χ2n) is 7.92. The smallest absolute Gasteiger partial charge is 0.201 e. The van der Waals surface area contributed by atoms with Gasteiger partial charge in [0.2, 0.25) is 6.36 Å². The lowest BCUT2D eigenvalue weighted by Gasteiger charge is -2.39. The number of hydrogen-bond donors (Lipinski definition) is 0. The molecule has 0 aromatic heterocycles. The minimum atomic E-state index is -1.42. The zero-order valence-corrected chi connectivity index (χ0v) is 18.0. The predicted molar refractivity (Wildman–Crippen MR) is 121 cm³/mol. The van der Waals surface area contributed by atoms with Crippen molar-refractivity contribution in [3.8, 4) is 0 Å². The van der Waals surface area contributed by atoms with Crippen LogP contribution in [0, 0.1) is 0 Å². The van der Waals surface area contributed by atoms with E-state index in [-0.39, 0.29) is 13.0 Å². The van der Waals surface area contributed by atoms with Gasteiger partial charge in [-0.05, 0) is 16.7 Å². The molecular weight excluding hydrogens is 407 g/mol. The monoisotopic (exact) mass is 436 g/mol. The number of benzene rings is 3. The van der Waals surface area contributed by atoms with Crippen LogP contribution in [-0.2, 0) is 38.8 Å². The van der Waals surface area contributed by atoms with E-state index in [9.17, 15) is 4.39 Å². The molecule has 0 spiro atoms. The molecule has 1 fully saturated rings. The van der Waals surface area contributed by atoms with E-state index in [2.05, 4.69) is 0 Å². The van der Waals surface area contributed by atoms with Gasteiger partial charge in [-0.25, -0.2) is 4.39 Å². The quantitative estimate of drug-likeness (QED) is 0.423. The highest BCUT2D eigenvalue weighted by molar-refractivity contribution is 5.15. The lowest BCUT2D eigenvalue weighted by molar-refractivity contribution is -0.245. The van der Waals surface area contributed by atoms with E-state index in [0.717, 1.165) is 16.7 Å². The summed E-state index contributed by atoms with van der Waals surface area (Å²) in [5, 5.41) is 0. The van der Waals surface area contributed by atoms with Crippen molar-refractivity contribution in [3.05, 3.63) is 108 Å². The molecule has 4 rings (SSSR count). The third-order valence-corrected chi connectivity index (χ3v) is 5.46. The molecule has 5 heteroatoms. The molecule has 1 aliphatic heterocycles. The van der Waals surface area contributed by atoms with Gasteiger partial charge in [0.1, 0.15) is 12.2 Å². The molecule has 0 radical (unpaired) electrons. The summed E-state index contributed by atoms with van der Waals surface area (Å²) >= 11 is 0. The Morgan fingerprint density at radius 3 is 1.75 bits per heavy atom. The minimum Gasteiger partial charge on any atom is -0.374 e. The van der Waals surface area contributed by atoms with Gasteiger partial charge in [-0.1, -0.05) is 91.0 Å². The highest BCUT2D eigenvalue weighted by atomic mass is 19.1. The number of ether oxygens (including phenoxy) is 4. The Labute approximate surface area is 188 Å². The van der Waals surface area contributed by atoms with E-state index in [0.29, 0.717) is 19.8 Å². The van der Waals surface area contributed by atoms with Gasteiger partial charge < -0.3 is 18.9 Å². The van der Waals surface area contributed by atoms with Gasteiger partial charge in [-0.3, -0.25) is 0 Å². The second-order valence-corrected chi connectivity index (χ2v) is 7.92. The molecule has 0 saturated carbocycles. The van der Waals surface area contributed by atoms with Crippen LogP contribution in [0.15, 0.2) is 91.0 Å². The largest absolute Gasteiger partial charge is 0.374 e. The SMILES string of the molecule is F[C@@H]1C[C@H](OCc2ccccc2)[C@H](OCc2ccccc2)[C@@H](COCc2ccccc2)O1. The molecule has 0 bridgehead atoms. The first-order chi connectivity index (χ1) is 15.8. The second kappa shape index (κ2) is 11.9. The van der Waals surface area contributed by atoms with Crippen LogP contribution in [0.25, 0.3) is 0 Å². The standard InChI is InChI=1S/C27H29FO4/c28-26-16-24(30-18-22-12-6-2-7-13-22)27(31-19-23-14-8-3-9-15-23)25(32-26)20-29-17-21-10-4-1-5-11-21/h1-15,24-27H,16-20H2/t24-,25+,26-,27-/m0/s1. The van der Waals surface area contributed by atoms with Gasteiger partial charge in [0.05, 0.1) is 32.5 Å². The van der Waals surface area contributed by atoms with Crippen LogP contribution in [0.5, 0.6) is 0 Å². The topological polar surface area (TPSA) is 36.9 Å². The van der Waals surface area contributed by atoms with Gasteiger partial charge in [0.25, 0.3) is 0 Å². The zero-order valence-electron chi connectivity index (χ0n) is 18.0. The summed E-state index contributed by atoms with van der Waals surface area (Å²) < 4.78 is 38.3. The van der Waals surface area contributed by atoms with E-state index in [1.807, 2.05) is 91.0 Å². The lowest BCUT2D eigenvalue weighted by atomic mass is 10.0. The predicted octanol–water partition coefficient (Wildman–Crippen LogP) is 5.46. The average Bonchev–Trinajstić information content (AvgIpc) is 2.84. The molecule has 1 heterocycles. The maximum Gasteiger partial charge on any atom is 0.201 e. The summed E-state index contributed by atoms with van der Waals surface area (Å²) in [6, 6.07) is 29.7. The Hall–Kier alpha value is -2.57. The number of rotatable bonds is 10. The number of hydrogen-bond acceptors (Lipinski definition) is 4. The number of alkyl halides is 1. The van der Waals surface area contributed by atoms with Crippen molar-refractivity contribution in [3.63, 3.8) is 0 Å². The van der Waals surface area contributed by atoms with Gasteiger partial charge in [-0.15, -0.1) is 0 Å². The molecule has 1 aliphatic rings. The first kappa shape index (κ1) is 22.6. The summed E-state index contributed by atoms with van der Waals surface area (Å²) in [5.74, 6) is 0. The van der Waals surface area contributed by atoms with Crippen molar-refractivity contribution in [1.29, 1.82) is 0 Å². The van der Waals surface area contributed by atoms with Crippen LogP contribution in [-0.4, -0.2) is 31.3 Å². The summed E-state index contributed by atoms with van der Waals surface area (Å²) in [7, 11) is 0. The maximum absolute atomic E-state index is 14.5. The van der Waals surface area contributed by atoms with E-state index < -0.39 is 24.7 Å². The van der Waals surface area contributed by atoms with Crippen LogP contribution in [0.2, 0.25) is 0 Å². The normalized spacial score (nSPS) is 23.2. The Morgan fingerprint density at radius 2 is 1.19 bits per heavy atom. The van der Waals surface area contributed by atoms with Crippen LogP contribution in [0.1, 0.15) is 23.1 Å². The van der Waals surface area contributed by atoms with Crippen molar-refractivity contribution >= 4 is 0 Å².